The summed E-state index contributed by atoms with van der Waals surface area (Å²) >= 11 is 0. The summed E-state index contributed by atoms with van der Waals surface area (Å²) in [6.45, 7) is 18.6. The number of carbonyl (C=O) groups excluding carboxylic acids is 3. The predicted octanol–water partition coefficient (Wildman–Crippen LogP) is 5.16. The molecule has 3 aliphatic rings. The summed E-state index contributed by atoms with van der Waals surface area (Å²) in [4.78, 5) is 37.9. The Bertz CT molecular complexity index is 1370. The lowest BCUT2D eigenvalue weighted by molar-refractivity contribution is -0.306. The van der Waals surface area contributed by atoms with Crippen LogP contribution < -0.4 is 0 Å². The first kappa shape index (κ1) is 47.4. The molecule has 14 heteroatoms. The maximum atomic E-state index is 13.3. The predicted molar refractivity (Wildman–Crippen MR) is 206 cm³/mol. The van der Waals surface area contributed by atoms with Crippen LogP contribution in [0.3, 0.4) is 0 Å². The van der Waals surface area contributed by atoms with Crippen LogP contribution in [0.5, 0.6) is 0 Å². The normalized spacial score (nSPS) is 40.6. The van der Waals surface area contributed by atoms with Crippen molar-refractivity contribution < 1.29 is 66.9 Å². The van der Waals surface area contributed by atoms with Crippen LogP contribution in [-0.4, -0.2) is 124 Å². The van der Waals surface area contributed by atoms with E-state index in [0.717, 1.165) is 0 Å². The summed E-state index contributed by atoms with van der Waals surface area (Å²) in [5, 5.41) is 11.7. The number of carbonyl (C=O) groups is 3. The molecule has 14 nitrogen and oxygen atoms in total. The van der Waals surface area contributed by atoms with Crippen LogP contribution in [-0.2, 0) is 61.8 Å². The van der Waals surface area contributed by atoms with Gasteiger partial charge in [0.05, 0.1) is 30.5 Å². The third-order valence-electron chi connectivity index (χ3n) is 10.7. The lowest BCUT2D eigenvalue weighted by atomic mass is 9.81. The molecule has 56 heavy (non-hydrogen) atoms. The molecule has 3 heterocycles. The monoisotopic (exact) mass is 794 g/mol. The number of esters is 3. The molecule has 0 aromatic heterocycles. The molecule has 1 N–H and O–H groups in total. The second kappa shape index (κ2) is 22.3. The Morgan fingerprint density at radius 2 is 1.46 bits per heavy atom. The second-order valence-electron chi connectivity index (χ2n) is 15.2. The average Bonchev–Trinajstić information content (AvgIpc) is 3.15. The van der Waals surface area contributed by atoms with Crippen molar-refractivity contribution in [3.05, 3.63) is 48.6 Å². The van der Waals surface area contributed by atoms with E-state index < -0.39 is 90.8 Å². The highest BCUT2D eigenvalue weighted by atomic mass is 16.7. The van der Waals surface area contributed by atoms with Crippen LogP contribution in [0.25, 0.3) is 0 Å². The maximum absolute atomic E-state index is 13.3. The third-order valence-corrected chi connectivity index (χ3v) is 10.7. The number of allylic oxidation sites excluding steroid dienone is 2. The van der Waals surface area contributed by atoms with Crippen LogP contribution in [0.1, 0.15) is 81.1 Å². The molecule has 0 radical (unpaired) electrons. The standard InChI is InChI=1S/C42H66O14/c1-13-32(43)54-36-29(8)53-40(39(49-12)38(36)48-11)50-23-30-18-16-15-17-26(5)42(9,46)22-25(4)35(24(3)19-20-34(45)52-28(30)7)56-41-37(55-33(44)14-2)31(47-10)21-27(6)51-41/h15-20,24-25,27-31,35-41,46H,5,13-14,21-23H2,1-4,6-12H3/b17-15+,18-16+,20-19+. The van der Waals surface area contributed by atoms with Gasteiger partial charge in [-0.3, -0.25) is 9.59 Å². The SMILES string of the molecule is C=C1/C=C/C=C/C(COC2OC(C)C(OC(=O)CC)C(OC)C2OC)C(C)OC(=O)/C=C/C(C)C(OC2OC(C)CC(OC)C2OC(=O)CC)C(C)CC1(C)O. The van der Waals surface area contributed by atoms with E-state index in [1.54, 1.807) is 66.0 Å². The summed E-state index contributed by atoms with van der Waals surface area (Å²) in [7, 11) is 4.56. The van der Waals surface area contributed by atoms with E-state index in [-0.39, 0.29) is 43.9 Å². The van der Waals surface area contributed by atoms with Crippen molar-refractivity contribution in [1.82, 2.24) is 0 Å². The fourth-order valence-electron chi connectivity index (χ4n) is 7.29. The van der Waals surface area contributed by atoms with Crippen LogP contribution in [0.2, 0.25) is 0 Å². The quantitative estimate of drug-likeness (QED) is 0.204. The molecule has 3 aliphatic heterocycles. The molecule has 15 unspecified atom stereocenters. The van der Waals surface area contributed by atoms with E-state index in [2.05, 4.69) is 6.58 Å². The molecule has 15 atom stereocenters. The number of aliphatic hydroxyl groups is 1. The summed E-state index contributed by atoms with van der Waals surface area (Å²) < 4.78 is 59.7. The minimum Gasteiger partial charge on any atom is -0.459 e. The van der Waals surface area contributed by atoms with Gasteiger partial charge < -0.3 is 52.5 Å². The number of ether oxygens (including phenoxy) is 10. The van der Waals surface area contributed by atoms with E-state index in [9.17, 15) is 19.5 Å². The molecule has 0 bridgehead atoms. The van der Waals surface area contributed by atoms with E-state index in [1.807, 2.05) is 26.8 Å². The zero-order chi connectivity index (χ0) is 41.7. The van der Waals surface area contributed by atoms with Gasteiger partial charge in [0.25, 0.3) is 0 Å². The van der Waals surface area contributed by atoms with E-state index in [1.165, 1.54) is 20.3 Å². The number of methoxy groups -OCH3 is 3. The Hall–Kier alpha value is -2.95. The molecule has 0 amide bonds. The molecule has 2 saturated heterocycles. The van der Waals surface area contributed by atoms with Crippen molar-refractivity contribution in [3.63, 3.8) is 0 Å². The first-order valence-corrected chi connectivity index (χ1v) is 19.7. The first-order chi connectivity index (χ1) is 26.5. The lowest BCUT2D eigenvalue weighted by Crippen LogP contribution is -2.60. The van der Waals surface area contributed by atoms with Crippen LogP contribution >= 0.6 is 0 Å². The van der Waals surface area contributed by atoms with Gasteiger partial charge in [-0.25, -0.2) is 4.79 Å². The Morgan fingerprint density at radius 3 is 2.07 bits per heavy atom. The van der Waals surface area contributed by atoms with Crippen molar-refractivity contribution in [1.29, 1.82) is 0 Å². The van der Waals surface area contributed by atoms with Gasteiger partial charge in [-0.05, 0) is 45.6 Å². The van der Waals surface area contributed by atoms with Crippen molar-refractivity contribution in [3.8, 4) is 0 Å². The highest BCUT2D eigenvalue weighted by Gasteiger charge is 2.48. The Kier molecular flexibility index (Phi) is 18.9. The van der Waals surface area contributed by atoms with Crippen molar-refractivity contribution in [2.24, 2.45) is 17.8 Å². The summed E-state index contributed by atoms with van der Waals surface area (Å²) in [5.74, 6) is -2.53. The maximum Gasteiger partial charge on any atom is 0.330 e. The zero-order valence-corrected chi connectivity index (χ0v) is 35.0. The van der Waals surface area contributed by atoms with Gasteiger partial charge in [-0.2, -0.15) is 0 Å². The van der Waals surface area contributed by atoms with Crippen molar-refractivity contribution >= 4 is 17.9 Å². The van der Waals surface area contributed by atoms with E-state index in [0.29, 0.717) is 12.0 Å². The fourth-order valence-corrected chi connectivity index (χ4v) is 7.29. The molecule has 0 aliphatic carbocycles. The van der Waals surface area contributed by atoms with Crippen LogP contribution in [0.4, 0.5) is 0 Å². The summed E-state index contributed by atoms with van der Waals surface area (Å²) in [6, 6.07) is 0. The van der Waals surface area contributed by atoms with Crippen LogP contribution in [0.15, 0.2) is 48.6 Å². The molecule has 318 valence electrons. The largest absolute Gasteiger partial charge is 0.459 e. The van der Waals surface area contributed by atoms with Gasteiger partial charge in [-0.15, -0.1) is 0 Å². The van der Waals surface area contributed by atoms with Crippen LogP contribution in [0, 0.1) is 17.8 Å². The molecule has 0 aromatic carbocycles. The third kappa shape index (κ3) is 13.0. The van der Waals surface area contributed by atoms with Gasteiger partial charge in [0, 0.05) is 58.5 Å². The highest BCUT2D eigenvalue weighted by molar-refractivity contribution is 5.82. The molecule has 2 fully saturated rings. The Morgan fingerprint density at radius 1 is 0.821 bits per heavy atom. The average molecular weight is 795 g/mol. The second-order valence-corrected chi connectivity index (χ2v) is 15.2. The highest BCUT2D eigenvalue weighted by Crippen LogP contribution is 2.35. The van der Waals surface area contributed by atoms with Gasteiger partial charge in [-0.1, -0.05) is 64.7 Å². The summed E-state index contributed by atoms with van der Waals surface area (Å²) in [5.41, 5.74) is -0.862. The van der Waals surface area contributed by atoms with Crippen molar-refractivity contribution in [2.45, 2.75) is 154 Å². The van der Waals surface area contributed by atoms with E-state index >= 15 is 0 Å². The Labute approximate surface area is 332 Å². The van der Waals surface area contributed by atoms with Gasteiger partial charge in [0.15, 0.2) is 24.8 Å². The molecule has 3 rings (SSSR count). The Balaban J connectivity index is 1.88. The van der Waals surface area contributed by atoms with Gasteiger partial charge in [0.1, 0.15) is 24.4 Å². The molecule has 0 spiro atoms. The number of hydrogen-bond donors (Lipinski definition) is 1. The minimum atomic E-state index is -1.34. The van der Waals surface area contributed by atoms with Crippen molar-refractivity contribution in [2.75, 3.05) is 27.9 Å². The topological polar surface area (TPSA) is 164 Å². The van der Waals surface area contributed by atoms with Gasteiger partial charge >= 0.3 is 17.9 Å². The lowest BCUT2D eigenvalue weighted by Gasteiger charge is -2.43. The van der Waals surface area contributed by atoms with E-state index in [4.69, 9.17) is 47.4 Å². The first-order valence-electron chi connectivity index (χ1n) is 19.7. The number of rotatable bonds is 12. The summed E-state index contributed by atoms with van der Waals surface area (Å²) in [6.07, 6.45) is 3.94. The molecular weight excluding hydrogens is 728 g/mol. The number of hydrogen-bond acceptors (Lipinski definition) is 14. The smallest absolute Gasteiger partial charge is 0.330 e. The van der Waals surface area contributed by atoms with Gasteiger partial charge in [0.2, 0.25) is 0 Å². The minimum absolute atomic E-state index is 0.0597. The zero-order valence-electron chi connectivity index (χ0n) is 35.0. The molecule has 0 aromatic rings. The molecule has 0 saturated carbocycles. The number of cyclic esters (lactones) is 1. The molecular formula is C42H66O14. The fraction of sp³-hybridized carbons (Fsp3) is 0.738.